The molecule has 2 aliphatic rings. The summed E-state index contributed by atoms with van der Waals surface area (Å²) in [5.74, 6) is 0.677. The predicted octanol–water partition coefficient (Wildman–Crippen LogP) is 1.41. The quantitative estimate of drug-likeness (QED) is 0.758. The van der Waals surface area contributed by atoms with E-state index in [4.69, 9.17) is 4.74 Å². The number of nitrogens with zero attached hydrogens (tertiary/aromatic N) is 5. The van der Waals surface area contributed by atoms with E-state index < -0.39 is 10.0 Å². The molecule has 9 heteroatoms. The molecule has 2 aromatic rings. The standard InChI is InChI=1S/C17H25N5O3S/c1-12-17(13(2)20(3)19-12)26(23,24)21-8-15-6-7-18-22(15)16(9-21)11-25-10-14-4-5-14/h6-7,14,16H,4-5,8-11H2,1-3H3. The van der Waals surface area contributed by atoms with Crippen LogP contribution in [0.15, 0.2) is 17.2 Å². The van der Waals surface area contributed by atoms with Gasteiger partial charge in [-0.1, -0.05) is 0 Å². The van der Waals surface area contributed by atoms with Crippen LogP contribution in [-0.2, 0) is 28.4 Å². The van der Waals surface area contributed by atoms with Gasteiger partial charge in [0.25, 0.3) is 0 Å². The molecule has 4 rings (SSSR count). The zero-order valence-electron chi connectivity index (χ0n) is 15.4. The predicted molar refractivity (Wildman–Crippen MR) is 95.1 cm³/mol. The van der Waals surface area contributed by atoms with Gasteiger partial charge in [0.1, 0.15) is 4.90 Å². The van der Waals surface area contributed by atoms with Crippen LogP contribution in [0.2, 0.25) is 0 Å². The Morgan fingerprint density at radius 1 is 1.27 bits per heavy atom. The van der Waals surface area contributed by atoms with Crippen molar-refractivity contribution in [2.24, 2.45) is 13.0 Å². The van der Waals surface area contributed by atoms with Crippen LogP contribution in [0, 0.1) is 19.8 Å². The summed E-state index contributed by atoms with van der Waals surface area (Å²) in [4.78, 5) is 0.311. The molecule has 0 bridgehead atoms. The molecule has 0 amide bonds. The van der Waals surface area contributed by atoms with E-state index in [0.717, 1.165) is 12.3 Å². The second-order valence-corrected chi connectivity index (χ2v) is 9.20. The minimum atomic E-state index is -3.63. The van der Waals surface area contributed by atoms with E-state index in [9.17, 15) is 8.42 Å². The summed E-state index contributed by atoms with van der Waals surface area (Å²) in [6.45, 7) is 5.43. The van der Waals surface area contributed by atoms with E-state index in [1.807, 2.05) is 10.7 Å². The van der Waals surface area contributed by atoms with E-state index in [1.54, 1.807) is 31.8 Å². The molecule has 1 aliphatic heterocycles. The minimum absolute atomic E-state index is 0.112. The Labute approximate surface area is 153 Å². The fourth-order valence-corrected chi connectivity index (χ4v) is 5.42. The topological polar surface area (TPSA) is 82.3 Å². The van der Waals surface area contributed by atoms with Gasteiger partial charge in [0.15, 0.2) is 0 Å². The summed E-state index contributed by atoms with van der Waals surface area (Å²) >= 11 is 0. The molecule has 1 unspecified atom stereocenters. The van der Waals surface area contributed by atoms with Crippen molar-refractivity contribution in [2.45, 2.75) is 44.2 Å². The van der Waals surface area contributed by atoms with E-state index in [1.165, 1.54) is 17.1 Å². The van der Waals surface area contributed by atoms with Crippen LogP contribution in [-0.4, -0.2) is 52.0 Å². The molecule has 0 aromatic carbocycles. The summed E-state index contributed by atoms with van der Waals surface area (Å²) in [7, 11) is -1.87. The highest BCUT2D eigenvalue weighted by atomic mass is 32.2. The number of hydrogen-bond acceptors (Lipinski definition) is 5. The Kier molecular flexibility index (Phi) is 4.40. The van der Waals surface area contributed by atoms with Gasteiger partial charge in [-0.25, -0.2) is 8.42 Å². The lowest BCUT2D eigenvalue weighted by atomic mass is 10.2. The third-order valence-corrected chi connectivity index (χ3v) is 7.32. The fourth-order valence-electron chi connectivity index (χ4n) is 3.57. The van der Waals surface area contributed by atoms with Crippen LogP contribution in [0.4, 0.5) is 0 Å². The van der Waals surface area contributed by atoms with E-state index in [-0.39, 0.29) is 6.04 Å². The molecule has 0 saturated heterocycles. The number of aryl methyl sites for hydroxylation is 2. The van der Waals surface area contributed by atoms with Crippen molar-refractivity contribution in [1.82, 2.24) is 23.9 Å². The number of aromatic nitrogens is 4. The molecule has 1 fully saturated rings. The van der Waals surface area contributed by atoms with Crippen molar-refractivity contribution in [3.05, 3.63) is 29.3 Å². The smallest absolute Gasteiger partial charge is 0.247 e. The molecule has 3 heterocycles. The summed E-state index contributed by atoms with van der Waals surface area (Å²) in [6, 6.07) is 1.76. The highest BCUT2D eigenvalue weighted by molar-refractivity contribution is 7.89. The second kappa shape index (κ2) is 6.47. The van der Waals surface area contributed by atoms with Crippen LogP contribution in [0.5, 0.6) is 0 Å². The molecule has 142 valence electrons. The zero-order valence-corrected chi connectivity index (χ0v) is 16.2. The molecule has 0 N–H and O–H groups in total. The lowest BCUT2D eigenvalue weighted by Crippen LogP contribution is -2.43. The van der Waals surface area contributed by atoms with Crippen LogP contribution in [0.25, 0.3) is 0 Å². The summed E-state index contributed by atoms with van der Waals surface area (Å²) in [6.07, 6.45) is 4.19. The van der Waals surface area contributed by atoms with Gasteiger partial charge in [-0.2, -0.15) is 14.5 Å². The summed E-state index contributed by atoms with van der Waals surface area (Å²) < 4.78 is 37.5. The molecule has 1 saturated carbocycles. The second-order valence-electron chi connectivity index (χ2n) is 7.32. The average molecular weight is 379 g/mol. The number of sulfonamides is 1. The lowest BCUT2D eigenvalue weighted by molar-refractivity contribution is 0.0744. The molecule has 0 radical (unpaired) electrons. The van der Waals surface area contributed by atoms with Crippen molar-refractivity contribution >= 4 is 10.0 Å². The Morgan fingerprint density at radius 2 is 2.04 bits per heavy atom. The van der Waals surface area contributed by atoms with Crippen molar-refractivity contribution < 1.29 is 13.2 Å². The summed E-state index contributed by atoms with van der Waals surface area (Å²) in [5.41, 5.74) is 2.08. The largest absolute Gasteiger partial charge is 0.379 e. The van der Waals surface area contributed by atoms with Gasteiger partial charge in [0.2, 0.25) is 10.0 Å². The lowest BCUT2D eigenvalue weighted by Gasteiger charge is -2.33. The molecule has 1 atom stereocenters. The summed E-state index contributed by atoms with van der Waals surface area (Å²) in [5, 5.41) is 8.65. The maximum atomic E-state index is 13.3. The molecular weight excluding hydrogens is 354 g/mol. The van der Waals surface area contributed by atoms with Crippen LogP contribution < -0.4 is 0 Å². The van der Waals surface area contributed by atoms with Crippen LogP contribution >= 0.6 is 0 Å². The monoisotopic (exact) mass is 379 g/mol. The van der Waals surface area contributed by atoms with Gasteiger partial charge in [-0.15, -0.1) is 0 Å². The van der Waals surface area contributed by atoms with E-state index >= 15 is 0 Å². The molecule has 26 heavy (non-hydrogen) atoms. The SMILES string of the molecule is Cc1nn(C)c(C)c1S(=O)(=O)N1Cc2ccnn2C(COCC2CC2)C1. The Balaban J connectivity index is 1.60. The van der Waals surface area contributed by atoms with Crippen molar-refractivity contribution in [3.8, 4) is 0 Å². The normalized spacial score (nSPS) is 21.1. The Bertz CT molecular complexity index is 913. The molecular formula is C17H25N5O3S. The number of fused-ring (bicyclic) bond motifs is 1. The highest BCUT2D eigenvalue weighted by Gasteiger charge is 2.37. The van der Waals surface area contributed by atoms with Crippen LogP contribution in [0.3, 0.4) is 0 Å². The third kappa shape index (κ3) is 3.08. The van der Waals surface area contributed by atoms with E-state index in [2.05, 4.69) is 10.2 Å². The van der Waals surface area contributed by atoms with Gasteiger partial charge < -0.3 is 4.74 Å². The third-order valence-electron chi connectivity index (χ3n) is 5.25. The average Bonchev–Trinajstić information content (AvgIpc) is 3.20. The molecule has 0 spiro atoms. The number of hydrogen-bond donors (Lipinski definition) is 0. The minimum Gasteiger partial charge on any atom is -0.379 e. The molecule has 8 nitrogen and oxygen atoms in total. The van der Waals surface area contributed by atoms with Crippen molar-refractivity contribution in [3.63, 3.8) is 0 Å². The highest BCUT2D eigenvalue weighted by Crippen LogP contribution is 2.31. The molecule has 1 aliphatic carbocycles. The first-order valence-electron chi connectivity index (χ1n) is 8.98. The number of rotatable bonds is 6. The van der Waals surface area contributed by atoms with E-state index in [0.29, 0.717) is 41.9 Å². The Hall–Kier alpha value is -1.71. The van der Waals surface area contributed by atoms with Crippen LogP contribution in [0.1, 0.15) is 36.0 Å². The van der Waals surface area contributed by atoms with Gasteiger partial charge >= 0.3 is 0 Å². The number of ether oxygens (including phenoxy) is 1. The first-order valence-corrected chi connectivity index (χ1v) is 10.4. The van der Waals surface area contributed by atoms with Gasteiger partial charge in [-0.05, 0) is 38.7 Å². The van der Waals surface area contributed by atoms with Gasteiger partial charge in [0.05, 0.1) is 36.3 Å². The molecule has 2 aromatic heterocycles. The zero-order chi connectivity index (χ0) is 18.5. The van der Waals surface area contributed by atoms with Crippen molar-refractivity contribution in [2.75, 3.05) is 19.8 Å². The van der Waals surface area contributed by atoms with Gasteiger partial charge in [0, 0.05) is 26.4 Å². The first-order chi connectivity index (χ1) is 12.4. The van der Waals surface area contributed by atoms with Crippen molar-refractivity contribution in [1.29, 1.82) is 0 Å². The fraction of sp³-hybridized carbons (Fsp3) is 0.647. The first kappa shape index (κ1) is 17.7. The Morgan fingerprint density at radius 3 is 2.69 bits per heavy atom. The maximum Gasteiger partial charge on any atom is 0.247 e. The maximum absolute atomic E-state index is 13.3. The van der Waals surface area contributed by atoms with Gasteiger partial charge in [-0.3, -0.25) is 9.36 Å².